The monoisotopic (exact) mass is 312 g/mol. The smallest absolute Gasteiger partial charge is 0.242 e. The fraction of sp³-hybridized carbons (Fsp3) is 0.867. The molecular formula is C15H28N4O3. The Morgan fingerprint density at radius 2 is 1.86 bits per heavy atom. The van der Waals surface area contributed by atoms with Gasteiger partial charge in [0, 0.05) is 45.8 Å². The Hall–Kier alpha value is -1.18. The second-order valence-corrected chi connectivity index (χ2v) is 5.75. The molecule has 1 unspecified atom stereocenters. The largest absolute Gasteiger partial charge is 0.378 e. The van der Waals surface area contributed by atoms with Crippen LogP contribution in [0.4, 0.5) is 0 Å². The lowest BCUT2D eigenvalue weighted by Gasteiger charge is -2.37. The average molecular weight is 312 g/mol. The van der Waals surface area contributed by atoms with Gasteiger partial charge in [-0.2, -0.15) is 0 Å². The Balaban J connectivity index is 1.75. The van der Waals surface area contributed by atoms with Gasteiger partial charge in [-0.15, -0.1) is 0 Å². The molecule has 1 atom stereocenters. The molecule has 22 heavy (non-hydrogen) atoms. The van der Waals surface area contributed by atoms with E-state index in [9.17, 15) is 9.59 Å². The van der Waals surface area contributed by atoms with Crippen molar-refractivity contribution in [3.63, 3.8) is 0 Å². The van der Waals surface area contributed by atoms with Gasteiger partial charge in [-0.25, -0.2) is 0 Å². The summed E-state index contributed by atoms with van der Waals surface area (Å²) in [7, 11) is 0. The van der Waals surface area contributed by atoms with Crippen LogP contribution in [0.2, 0.25) is 0 Å². The van der Waals surface area contributed by atoms with Crippen LogP contribution in [0.25, 0.3) is 0 Å². The zero-order valence-corrected chi connectivity index (χ0v) is 13.7. The van der Waals surface area contributed by atoms with Gasteiger partial charge < -0.3 is 19.9 Å². The number of hydrogen-bond acceptors (Lipinski definition) is 5. The van der Waals surface area contributed by atoms with Crippen molar-refractivity contribution in [2.75, 3.05) is 65.6 Å². The lowest BCUT2D eigenvalue weighted by molar-refractivity contribution is -0.138. The van der Waals surface area contributed by atoms with Crippen LogP contribution in [0.15, 0.2) is 0 Å². The fourth-order valence-corrected chi connectivity index (χ4v) is 2.94. The van der Waals surface area contributed by atoms with Crippen molar-refractivity contribution in [3.05, 3.63) is 0 Å². The van der Waals surface area contributed by atoms with E-state index in [0.717, 1.165) is 32.7 Å². The molecule has 0 spiro atoms. The van der Waals surface area contributed by atoms with Crippen LogP contribution < -0.4 is 5.32 Å². The van der Waals surface area contributed by atoms with Crippen molar-refractivity contribution in [1.29, 1.82) is 0 Å². The molecule has 2 rings (SSSR count). The lowest BCUT2D eigenvalue weighted by Crippen LogP contribution is -2.57. The first-order valence-electron chi connectivity index (χ1n) is 8.25. The molecule has 0 aromatic carbocycles. The van der Waals surface area contributed by atoms with Crippen LogP contribution in [0, 0.1) is 0 Å². The number of carbonyl (C=O) groups is 2. The summed E-state index contributed by atoms with van der Waals surface area (Å²) in [6.07, 6.45) is 0. The molecule has 2 aliphatic heterocycles. The summed E-state index contributed by atoms with van der Waals surface area (Å²) in [6, 6.07) is -0.211. The molecule has 0 bridgehead atoms. The number of amides is 2. The lowest BCUT2D eigenvalue weighted by atomic mass is 10.2. The van der Waals surface area contributed by atoms with Crippen LogP contribution in [-0.2, 0) is 14.3 Å². The van der Waals surface area contributed by atoms with Gasteiger partial charge in [0.1, 0.15) is 6.04 Å². The van der Waals surface area contributed by atoms with Gasteiger partial charge in [-0.1, -0.05) is 0 Å². The molecule has 126 valence electrons. The highest BCUT2D eigenvalue weighted by atomic mass is 16.5. The Morgan fingerprint density at radius 1 is 1.18 bits per heavy atom. The number of hydrogen-bond donors (Lipinski definition) is 1. The summed E-state index contributed by atoms with van der Waals surface area (Å²) < 4.78 is 5.35. The summed E-state index contributed by atoms with van der Waals surface area (Å²) in [6.45, 7) is 10.7. The third-order valence-corrected chi connectivity index (χ3v) is 4.38. The van der Waals surface area contributed by atoms with Crippen molar-refractivity contribution in [3.8, 4) is 0 Å². The molecule has 0 radical (unpaired) electrons. The molecule has 2 heterocycles. The molecule has 7 heteroatoms. The summed E-state index contributed by atoms with van der Waals surface area (Å²) >= 11 is 0. The van der Waals surface area contributed by atoms with Gasteiger partial charge in [0.15, 0.2) is 0 Å². The number of nitrogens with one attached hydrogen (secondary N) is 1. The highest BCUT2D eigenvalue weighted by Crippen LogP contribution is 2.06. The highest BCUT2D eigenvalue weighted by Gasteiger charge is 2.29. The summed E-state index contributed by atoms with van der Waals surface area (Å²) in [5, 5.41) is 3.20. The maximum atomic E-state index is 12.4. The van der Waals surface area contributed by atoms with Crippen LogP contribution in [0.5, 0.6) is 0 Å². The highest BCUT2D eigenvalue weighted by molar-refractivity contribution is 5.82. The quantitative estimate of drug-likeness (QED) is 0.704. The van der Waals surface area contributed by atoms with E-state index in [1.54, 1.807) is 0 Å². The van der Waals surface area contributed by atoms with E-state index >= 15 is 0 Å². The van der Waals surface area contributed by atoms with Crippen molar-refractivity contribution in [2.24, 2.45) is 0 Å². The zero-order chi connectivity index (χ0) is 15.9. The molecule has 0 aromatic heterocycles. The van der Waals surface area contributed by atoms with E-state index in [2.05, 4.69) is 10.2 Å². The number of morpholine rings is 1. The number of carbonyl (C=O) groups excluding carboxylic acids is 2. The standard InChI is InChI=1S/C15H28N4O3/c1-3-18(4-2)14(20)11-17-6-8-19(9-7-17)15(21)13-12-22-10-5-16-13/h13,16H,3-12H2,1-2H3. The van der Waals surface area contributed by atoms with E-state index in [0.29, 0.717) is 32.8 Å². The number of ether oxygens (including phenoxy) is 1. The molecule has 1 N–H and O–H groups in total. The van der Waals surface area contributed by atoms with Gasteiger partial charge in [-0.3, -0.25) is 14.5 Å². The minimum atomic E-state index is -0.211. The number of rotatable bonds is 5. The Kier molecular flexibility index (Phi) is 6.60. The molecule has 7 nitrogen and oxygen atoms in total. The molecule has 0 aromatic rings. The third kappa shape index (κ3) is 4.41. The average Bonchev–Trinajstić information content (AvgIpc) is 2.57. The maximum Gasteiger partial charge on any atom is 0.242 e. The molecule has 2 fully saturated rings. The predicted octanol–water partition coefficient (Wildman–Crippen LogP) is -1.01. The van der Waals surface area contributed by atoms with Crippen LogP contribution in [-0.4, -0.2) is 98.1 Å². The van der Waals surface area contributed by atoms with Crippen LogP contribution in [0.3, 0.4) is 0 Å². The maximum absolute atomic E-state index is 12.4. The number of likely N-dealkylation sites (N-methyl/N-ethyl adjacent to an activating group) is 1. The SMILES string of the molecule is CCN(CC)C(=O)CN1CCN(C(=O)C2COCCN2)CC1. The zero-order valence-electron chi connectivity index (χ0n) is 13.7. The molecule has 0 aliphatic carbocycles. The minimum Gasteiger partial charge on any atom is -0.378 e. The van der Waals surface area contributed by atoms with Gasteiger partial charge in [0.2, 0.25) is 11.8 Å². The van der Waals surface area contributed by atoms with Crippen molar-refractivity contribution in [1.82, 2.24) is 20.0 Å². The predicted molar refractivity (Wildman–Crippen MR) is 83.6 cm³/mol. The Bertz CT molecular complexity index is 373. The second-order valence-electron chi connectivity index (χ2n) is 5.75. The molecule has 2 amide bonds. The topological polar surface area (TPSA) is 65.1 Å². The first-order chi connectivity index (χ1) is 10.7. The molecule has 2 saturated heterocycles. The number of piperazine rings is 1. The summed E-state index contributed by atoms with van der Waals surface area (Å²) in [5.74, 6) is 0.293. The first kappa shape index (κ1) is 17.2. The van der Waals surface area contributed by atoms with Crippen molar-refractivity contribution in [2.45, 2.75) is 19.9 Å². The van der Waals surface area contributed by atoms with Gasteiger partial charge >= 0.3 is 0 Å². The molecular weight excluding hydrogens is 284 g/mol. The summed E-state index contributed by atoms with van der Waals surface area (Å²) in [4.78, 5) is 30.3. The summed E-state index contributed by atoms with van der Waals surface area (Å²) in [5.41, 5.74) is 0. The van der Waals surface area contributed by atoms with Gasteiger partial charge in [0.05, 0.1) is 19.8 Å². The van der Waals surface area contributed by atoms with E-state index in [1.807, 2.05) is 23.6 Å². The molecule has 0 saturated carbocycles. The number of nitrogens with zero attached hydrogens (tertiary/aromatic N) is 3. The van der Waals surface area contributed by atoms with E-state index in [-0.39, 0.29) is 17.9 Å². The second kappa shape index (κ2) is 8.45. The first-order valence-corrected chi connectivity index (χ1v) is 8.25. The van der Waals surface area contributed by atoms with E-state index in [1.165, 1.54) is 0 Å². The van der Waals surface area contributed by atoms with Crippen LogP contribution in [0.1, 0.15) is 13.8 Å². The van der Waals surface area contributed by atoms with E-state index < -0.39 is 0 Å². The van der Waals surface area contributed by atoms with Gasteiger partial charge in [-0.05, 0) is 13.8 Å². The van der Waals surface area contributed by atoms with Crippen molar-refractivity contribution < 1.29 is 14.3 Å². The normalized spacial score (nSPS) is 23.4. The van der Waals surface area contributed by atoms with Gasteiger partial charge in [0.25, 0.3) is 0 Å². The fourth-order valence-electron chi connectivity index (χ4n) is 2.94. The molecule has 2 aliphatic rings. The Morgan fingerprint density at radius 3 is 2.41 bits per heavy atom. The Labute approximate surface area is 132 Å². The third-order valence-electron chi connectivity index (χ3n) is 4.38. The van der Waals surface area contributed by atoms with E-state index in [4.69, 9.17) is 4.74 Å². The minimum absolute atomic E-state index is 0.120. The van der Waals surface area contributed by atoms with Crippen molar-refractivity contribution >= 4 is 11.8 Å². The van der Waals surface area contributed by atoms with Crippen LogP contribution >= 0.6 is 0 Å².